The fourth-order valence-corrected chi connectivity index (χ4v) is 2.05. The molecule has 0 aliphatic rings. The number of thioether (sulfide) groups is 1. The van der Waals surface area contributed by atoms with Crippen LogP contribution in [0, 0.1) is 0 Å². The Kier molecular flexibility index (Phi) is 3.98. The Hall–Kier alpha value is -0.510. The lowest BCUT2D eigenvalue weighted by molar-refractivity contribution is -0.0224. The Bertz CT molecular complexity index is 266. The van der Waals surface area contributed by atoms with Crippen LogP contribution < -0.4 is 0 Å². The largest absolute Gasteiger partial charge is 0.387 e. The van der Waals surface area contributed by atoms with E-state index in [1.807, 2.05) is 30.3 Å². The van der Waals surface area contributed by atoms with Gasteiger partial charge < -0.3 is 9.84 Å². The summed E-state index contributed by atoms with van der Waals surface area (Å²) in [5, 5.41) is 9.79. The van der Waals surface area contributed by atoms with Gasteiger partial charge in [0.1, 0.15) is 5.44 Å². The lowest BCUT2D eigenvalue weighted by Crippen LogP contribution is -2.34. The third-order valence-corrected chi connectivity index (χ3v) is 3.30. The highest BCUT2D eigenvalue weighted by Gasteiger charge is 2.27. The van der Waals surface area contributed by atoms with E-state index in [9.17, 15) is 5.11 Å². The van der Waals surface area contributed by atoms with E-state index >= 15 is 0 Å². The van der Waals surface area contributed by atoms with E-state index in [1.165, 1.54) is 11.8 Å². The molecule has 0 saturated carbocycles. The van der Waals surface area contributed by atoms with E-state index in [0.717, 1.165) is 4.90 Å². The van der Waals surface area contributed by atoms with E-state index in [1.54, 1.807) is 21.0 Å². The molecule has 0 amide bonds. The second-order valence-corrected chi connectivity index (χ2v) is 4.79. The summed E-state index contributed by atoms with van der Waals surface area (Å²) in [7, 11) is 1.61. The van der Waals surface area contributed by atoms with Gasteiger partial charge >= 0.3 is 0 Å². The third-order valence-electron chi connectivity index (χ3n) is 1.78. The molecule has 1 aromatic carbocycles. The molecule has 1 rings (SSSR count). The summed E-state index contributed by atoms with van der Waals surface area (Å²) in [6, 6.07) is 9.92. The van der Waals surface area contributed by atoms with Crippen LogP contribution in [-0.4, -0.2) is 23.3 Å². The van der Waals surface area contributed by atoms with Crippen molar-refractivity contribution in [3.63, 3.8) is 0 Å². The van der Waals surface area contributed by atoms with Gasteiger partial charge in [0, 0.05) is 12.0 Å². The van der Waals surface area contributed by atoms with Crippen molar-refractivity contribution in [1.29, 1.82) is 0 Å². The molecule has 0 saturated heterocycles. The molecule has 3 heteroatoms. The molecular formula is C11H16O2S. The normalized spacial score (nSPS) is 14.0. The molecule has 0 aromatic heterocycles. The molecule has 0 fully saturated rings. The van der Waals surface area contributed by atoms with Crippen molar-refractivity contribution < 1.29 is 9.84 Å². The van der Waals surface area contributed by atoms with E-state index < -0.39 is 5.60 Å². The number of aliphatic hydroxyl groups is 1. The molecule has 1 N–H and O–H groups in total. The van der Waals surface area contributed by atoms with E-state index in [4.69, 9.17) is 4.74 Å². The van der Waals surface area contributed by atoms with Crippen LogP contribution in [0.3, 0.4) is 0 Å². The topological polar surface area (TPSA) is 29.5 Å². The van der Waals surface area contributed by atoms with Gasteiger partial charge in [-0.05, 0) is 26.0 Å². The number of hydrogen-bond acceptors (Lipinski definition) is 3. The molecule has 1 aromatic rings. The maximum atomic E-state index is 9.79. The molecule has 0 aliphatic heterocycles. The first-order valence-electron chi connectivity index (χ1n) is 4.51. The minimum Gasteiger partial charge on any atom is -0.387 e. The second kappa shape index (κ2) is 4.82. The van der Waals surface area contributed by atoms with Crippen molar-refractivity contribution >= 4 is 11.8 Å². The van der Waals surface area contributed by atoms with Crippen LogP contribution >= 0.6 is 11.8 Å². The zero-order valence-corrected chi connectivity index (χ0v) is 9.54. The summed E-state index contributed by atoms with van der Waals surface area (Å²) in [5.41, 5.74) is -1.08. The average Bonchev–Trinajstić information content (AvgIpc) is 2.14. The first-order valence-corrected chi connectivity index (χ1v) is 5.39. The summed E-state index contributed by atoms with van der Waals surface area (Å²) in [6.07, 6.45) is 0. The molecule has 14 heavy (non-hydrogen) atoms. The van der Waals surface area contributed by atoms with Gasteiger partial charge in [-0.3, -0.25) is 0 Å². The predicted octanol–water partition coefficient (Wildman–Crippen LogP) is 2.52. The monoisotopic (exact) mass is 212 g/mol. The first kappa shape index (κ1) is 11.6. The molecule has 0 bridgehead atoms. The molecule has 2 nitrogen and oxygen atoms in total. The average molecular weight is 212 g/mol. The summed E-state index contributed by atoms with van der Waals surface area (Å²) in [5.74, 6) is 0. The highest BCUT2D eigenvalue weighted by atomic mass is 32.2. The predicted molar refractivity (Wildman–Crippen MR) is 59.4 cm³/mol. The molecule has 0 radical (unpaired) electrons. The smallest absolute Gasteiger partial charge is 0.135 e. The molecular weight excluding hydrogens is 196 g/mol. The Balaban J connectivity index is 2.67. The molecule has 0 spiro atoms. The highest BCUT2D eigenvalue weighted by Crippen LogP contribution is 2.30. The van der Waals surface area contributed by atoms with Gasteiger partial charge in [0.15, 0.2) is 0 Å². The fraction of sp³-hybridized carbons (Fsp3) is 0.455. The lowest BCUT2D eigenvalue weighted by Gasteiger charge is -2.27. The van der Waals surface area contributed by atoms with E-state index in [2.05, 4.69) is 0 Å². The van der Waals surface area contributed by atoms with Crippen molar-refractivity contribution in [2.75, 3.05) is 7.11 Å². The number of rotatable bonds is 4. The highest BCUT2D eigenvalue weighted by molar-refractivity contribution is 7.99. The van der Waals surface area contributed by atoms with Gasteiger partial charge in [0.05, 0.1) is 5.60 Å². The van der Waals surface area contributed by atoms with Gasteiger partial charge in [-0.1, -0.05) is 30.0 Å². The van der Waals surface area contributed by atoms with Crippen LogP contribution in [0.4, 0.5) is 0 Å². The summed E-state index contributed by atoms with van der Waals surface area (Å²) < 4.78 is 5.23. The molecule has 78 valence electrons. The molecule has 0 heterocycles. The first-order chi connectivity index (χ1) is 6.54. The minimum absolute atomic E-state index is 0.245. The molecule has 1 unspecified atom stereocenters. The Labute approximate surface area is 89.3 Å². The number of benzene rings is 1. The van der Waals surface area contributed by atoms with Crippen molar-refractivity contribution in [2.45, 2.75) is 29.8 Å². The Morgan fingerprint density at radius 2 is 1.86 bits per heavy atom. The summed E-state index contributed by atoms with van der Waals surface area (Å²) in [4.78, 5) is 1.10. The second-order valence-electron chi connectivity index (χ2n) is 3.65. The number of methoxy groups -OCH3 is 1. The van der Waals surface area contributed by atoms with Crippen LogP contribution in [0.2, 0.25) is 0 Å². The zero-order chi connectivity index (χ0) is 10.6. The van der Waals surface area contributed by atoms with Crippen molar-refractivity contribution in [3.05, 3.63) is 30.3 Å². The maximum Gasteiger partial charge on any atom is 0.135 e. The third kappa shape index (κ3) is 3.33. The Morgan fingerprint density at radius 1 is 1.29 bits per heavy atom. The SMILES string of the molecule is COC(Sc1ccccc1)C(C)(C)O. The van der Waals surface area contributed by atoms with Gasteiger partial charge in [-0.2, -0.15) is 0 Å². The summed E-state index contributed by atoms with van der Waals surface area (Å²) >= 11 is 1.52. The fourth-order valence-electron chi connectivity index (χ4n) is 1.10. The number of hydrogen-bond donors (Lipinski definition) is 1. The van der Waals surface area contributed by atoms with Crippen LogP contribution in [-0.2, 0) is 4.74 Å². The van der Waals surface area contributed by atoms with Crippen molar-refractivity contribution in [1.82, 2.24) is 0 Å². The van der Waals surface area contributed by atoms with E-state index in [-0.39, 0.29) is 5.44 Å². The molecule has 1 atom stereocenters. The quantitative estimate of drug-likeness (QED) is 0.614. The van der Waals surface area contributed by atoms with Crippen molar-refractivity contribution in [3.8, 4) is 0 Å². The van der Waals surface area contributed by atoms with Gasteiger partial charge in [-0.15, -0.1) is 0 Å². The number of ether oxygens (including phenoxy) is 1. The van der Waals surface area contributed by atoms with Gasteiger partial charge in [-0.25, -0.2) is 0 Å². The van der Waals surface area contributed by atoms with Gasteiger partial charge in [0.2, 0.25) is 0 Å². The maximum absolute atomic E-state index is 9.79. The van der Waals surface area contributed by atoms with Crippen LogP contribution in [0.1, 0.15) is 13.8 Å². The van der Waals surface area contributed by atoms with Crippen LogP contribution in [0.25, 0.3) is 0 Å². The van der Waals surface area contributed by atoms with Gasteiger partial charge in [0.25, 0.3) is 0 Å². The van der Waals surface area contributed by atoms with Crippen LogP contribution in [0.15, 0.2) is 35.2 Å². The molecule has 0 aliphatic carbocycles. The minimum atomic E-state index is -0.838. The summed E-state index contributed by atoms with van der Waals surface area (Å²) in [6.45, 7) is 3.49. The van der Waals surface area contributed by atoms with E-state index in [0.29, 0.717) is 0 Å². The standard InChI is InChI=1S/C11H16O2S/c1-11(2,12)10(13-3)14-9-7-5-4-6-8-9/h4-8,10,12H,1-3H3. The Morgan fingerprint density at radius 3 is 2.29 bits per heavy atom. The van der Waals surface area contributed by atoms with Crippen molar-refractivity contribution in [2.24, 2.45) is 0 Å². The lowest BCUT2D eigenvalue weighted by atomic mass is 10.2. The zero-order valence-electron chi connectivity index (χ0n) is 8.73. The van der Waals surface area contributed by atoms with Crippen LogP contribution in [0.5, 0.6) is 0 Å².